The molecule has 0 radical (unpaired) electrons. The average molecular weight is 261 g/mol. The normalized spacial score (nSPS) is 10.9. The number of aromatic nitrogens is 4. The Kier molecular flexibility index (Phi) is 4.46. The van der Waals surface area contributed by atoms with Crippen LogP contribution in [0.25, 0.3) is 5.69 Å². The monoisotopic (exact) mass is 261 g/mol. The second kappa shape index (κ2) is 6.29. The summed E-state index contributed by atoms with van der Waals surface area (Å²) >= 11 is 0. The zero-order chi connectivity index (χ0) is 13.7. The van der Waals surface area contributed by atoms with Crippen LogP contribution in [0.15, 0.2) is 24.3 Å². The maximum Gasteiger partial charge on any atom is 0.157 e. The molecule has 1 N–H and O–H groups in total. The first kappa shape index (κ1) is 13.5. The molecular formula is C13H19N5O. The van der Waals surface area contributed by atoms with Gasteiger partial charge in [-0.15, -0.1) is 5.10 Å². The molecule has 0 fully saturated rings. The van der Waals surface area contributed by atoms with E-state index in [1.807, 2.05) is 45.2 Å². The lowest BCUT2D eigenvalue weighted by molar-refractivity contribution is 0.242. The molecule has 1 heterocycles. The molecule has 2 rings (SSSR count). The van der Waals surface area contributed by atoms with Crippen molar-refractivity contribution < 1.29 is 4.74 Å². The zero-order valence-electron chi connectivity index (χ0n) is 11.5. The van der Waals surface area contributed by atoms with Crippen LogP contribution in [0, 0.1) is 0 Å². The Morgan fingerprint density at radius 3 is 2.63 bits per heavy atom. The maximum absolute atomic E-state index is 5.61. The molecular weight excluding hydrogens is 242 g/mol. The first-order chi connectivity index (χ1) is 9.20. The topological polar surface area (TPSA) is 64.9 Å². The van der Waals surface area contributed by atoms with Crippen molar-refractivity contribution in [1.82, 2.24) is 25.5 Å². The van der Waals surface area contributed by atoms with E-state index in [9.17, 15) is 0 Å². The highest BCUT2D eigenvalue weighted by molar-refractivity contribution is 5.37. The molecule has 0 aliphatic rings. The number of ether oxygens (including phenoxy) is 1. The van der Waals surface area contributed by atoms with Crippen LogP contribution < -0.4 is 10.1 Å². The summed E-state index contributed by atoms with van der Waals surface area (Å²) in [4.78, 5) is 0. The number of rotatable bonds is 6. The van der Waals surface area contributed by atoms with Crippen molar-refractivity contribution in [3.8, 4) is 11.4 Å². The molecule has 2 aromatic rings. The fraction of sp³-hybridized carbons (Fsp3) is 0.462. The Hall–Kier alpha value is -1.95. The number of hydrogen-bond acceptors (Lipinski definition) is 5. The molecule has 0 atom stereocenters. The summed E-state index contributed by atoms with van der Waals surface area (Å²) in [7, 11) is 1.91. The SMILES string of the molecule is CNCCc1nnnn1-c1ccc(OC(C)C)cc1. The molecule has 0 spiro atoms. The number of hydrogen-bond donors (Lipinski definition) is 1. The van der Waals surface area contributed by atoms with Gasteiger partial charge in [0.2, 0.25) is 0 Å². The Morgan fingerprint density at radius 1 is 1.26 bits per heavy atom. The van der Waals surface area contributed by atoms with E-state index < -0.39 is 0 Å². The van der Waals surface area contributed by atoms with E-state index in [-0.39, 0.29) is 6.10 Å². The highest BCUT2D eigenvalue weighted by Crippen LogP contribution is 2.16. The molecule has 6 nitrogen and oxygen atoms in total. The number of nitrogens with one attached hydrogen (secondary N) is 1. The van der Waals surface area contributed by atoms with Crippen molar-refractivity contribution in [2.75, 3.05) is 13.6 Å². The van der Waals surface area contributed by atoms with Crippen molar-refractivity contribution in [1.29, 1.82) is 0 Å². The minimum atomic E-state index is 0.171. The van der Waals surface area contributed by atoms with Gasteiger partial charge in [0.25, 0.3) is 0 Å². The molecule has 0 aliphatic heterocycles. The average Bonchev–Trinajstić information content (AvgIpc) is 2.85. The molecule has 19 heavy (non-hydrogen) atoms. The summed E-state index contributed by atoms with van der Waals surface area (Å²) in [6.07, 6.45) is 0.957. The molecule has 0 saturated heterocycles. The molecule has 1 aromatic heterocycles. The Bertz CT molecular complexity index is 506. The summed E-state index contributed by atoms with van der Waals surface area (Å²) in [5.41, 5.74) is 0.937. The smallest absolute Gasteiger partial charge is 0.157 e. The van der Waals surface area contributed by atoms with E-state index in [1.165, 1.54) is 0 Å². The molecule has 6 heteroatoms. The lowest BCUT2D eigenvalue weighted by Crippen LogP contribution is -2.14. The van der Waals surface area contributed by atoms with Crippen LogP contribution in [0.2, 0.25) is 0 Å². The van der Waals surface area contributed by atoms with Crippen LogP contribution in [0.5, 0.6) is 5.75 Å². The third-order valence-electron chi connectivity index (χ3n) is 2.59. The molecule has 0 aliphatic carbocycles. The maximum atomic E-state index is 5.61. The molecule has 1 aromatic carbocycles. The van der Waals surface area contributed by atoms with Crippen LogP contribution in [0.3, 0.4) is 0 Å². The van der Waals surface area contributed by atoms with Crippen molar-refractivity contribution in [2.24, 2.45) is 0 Å². The lowest BCUT2D eigenvalue weighted by atomic mass is 10.3. The van der Waals surface area contributed by atoms with Crippen LogP contribution in [0.1, 0.15) is 19.7 Å². The van der Waals surface area contributed by atoms with Crippen LogP contribution in [0.4, 0.5) is 0 Å². The lowest BCUT2D eigenvalue weighted by Gasteiger charge is -2.10. The van der Waals surface area contributed by atoms with Gasteiger partial charge in [0.05, 0.1) is 11.8 Å². The van der Waals surface area contributed by atoms with E-state index >= 15 is 0 Å². The number of benzene rings is 1. The molecule has 0 amide bonds. The predicted molar refractivity (Wildman–Crippen MR) is 72.5 cm³/mol. The van der Waals surface area contributed by atoms with Gasteiger partial charge in [0.1, 0.15) is 5.75 Å². The van der Waals surface area contributed by atoms with Gasteiger partial charge in [-0.1, -0.05) is 0 Å². The minimum Gasteiger partial charge on any atom is -0.491 e. The van der Waals surface area contributed by atoms with Gasteiger partial charge in [-0.05, 0) is 55.6 Å². The summed E-state index contributed by atoms with van der Waals surface area (Å²) in [5, 5.41) is 14.9. The van der Waals surface area contributed by atoms with Gasteiger partial charge >= 0.3 is 0 Å². The Morgan fingerprint density at radius 2 is 2.00 bits per heavy atom. The zero-order valence-corrected chi connectivity index (χ0v) is 11.5. The van der Waals surface area contributed by atoms with Gasteiger partial charge in [-0.25, -0.2) is 0 Å². The minimum absolute atomic E-state index is 0.171. The second-order valence-electron chi connectivity index (χ2n) is 4.52. The van der Waals surface area contributed by atoms with E-state index in [0.29, 0.717) is 0 Å². The molecule has 0 unspecified atom stereocenters. The summed E-state index contributed by atoms with van der Waals surface area (Å²) in [6.45, 7) is 4.85. The van der Waals surface area contributed by atoms with Crippen LogP contribution in [-0.2, 0) is 6.42 Å². The largest absolute Gasteiger partial charge is 0.491 e. The fourth-order valence-corrected chi connectivity index (χ4v) is 1.74. The first-order valence-corrected chi connectivity index (χ1v) is 6.39. The van der Waals surface area contributed by atoms with Gasteiger partial charge < -0.3 is 10.1 Å². The third kappa shape index (κ3) is 3.51. The van der Waals surface area contributed by atoms with Crippen molar-refractivity contribution in [2.45, 2.75) is 26.4 Å². The van der Waals surface area contributed by atoms with E-state index in [1.54, 1.807) is 4.68 Å². The van der Waals surface area contributed by atoms with Gasteiger partial charge in [0, 0.05) is 13.0 Å². The highest BCUT2D eigenvalue weighted by atomic mass is 16.5. The van der Waals surface area contributed by atoms with Crippen molar-refractivity contribution >= 4 is 0 Å². The summed E-state index contributed by atoms with van der Waals surface area (Å²) < 4.78 is 7.36. The number of likely N-dealkylation sites (N-methyl/N-ethyl adjacent to an activating group) is 1. The first-order valence-electron chi connectivity index (χ1n) is 6.39. The van der Waals surface area contributed by atoms with Gasteiger partial charge in [-0.3, -0.25) is 0 Å². The van der Waals surface area contributed by atoms with Crippen molar-refractivity contribution in [3.05, 3.63) is 30.1 Å². The Labute approximate surface area is 112 Å². The summed E-state index contributed by atoms with van der Waals surface area (Å²) in [6, 6.07) is 7.77. The quantitative estimate of drug-likeness (QED) is 0.846. The third-order valence-corrected chi connectivity index (χ3v) is 2.59. The van der Waals surface area contributed by atoms with Crippen LogP contribution >= 0.6 is 0 Å². The molecule has 0 bridgehead atoms. The molecule has 0 saturated carbocycles. The summed E-state index contributed by atoms with van der Waals surface area (Å²) in [5.74, 6) is 1.69. The predicted octanol–water partition coefficient (Wildman–Crippen LogP) is 1.21. The van der Waals surface area contributed by atoms with E-state index in [2.05, 4.69) is 20.8 Å². The number of tetrazole rings is 1. The van der Waals surface area contributed by atoms with Gasteiger partial charge in [-0.2, -0.15) is 4.68 Å². The van der Waals surface area contributed by atoms with E-state index in [4.69, 9.17) is 4.74 Å². The highest BCUT2D eigenvalue weighted by Gasteiger charge is 2.08. The van der Waals surface area contributed by atoms with Crippen molar-refractivity contribution in [3.63, 3.8) is 0 Å². The standard InChI is InChI=1S/C13H19N5O/c1-10(2)19-12-6-4-11(5-7-12)18-13(8-9-14-3)15-16-17-18/h4-7,10,14H,8-9H2,1-3H3. The van der Waals surface area contributed by atoms with Crippen LogP contribution in [-0.4, -0.2) is 39.9 Å². The van der Waals surface area contributed by atoms with Gasteiger partial charge in [0.15, 0.2) is 5.82 Å². The Balaban J connectivity index is 2.15. The second-order valence-corrected chi connectivity index (χ2v) is 4.52. The molecule has 102 valence electrons. The number of nitrogens with zero attached hydrogens (tertiary/aromatic N) is 4. The van der Waals surface area contributed by atoms with E-state index in [0.717, 1.165) is 30.2 Å². The fourth-order valence-electron chi connectivity index (χ4n) is 1.74.